The number of hydrogen-bond donors (Lipinski definition) is 0. The molecule has 5 aliphatic rings. The van der Waals surface area contributed by atoms with Crippen molar-refractivity contribution in [1.82, 2.24) is 14.7 Å². The molecule has 2 aliphatic carbocycles. The van der Waals surface area contributed by atoms with Crippen LogP contribution in [-0.2, 0) is 19.2 Å². The van der Waals surface area contributed by atoms with Gasteiger partial charge in [0, 0.05) is 19.6 Å². The molecule has 0 N–H and O–H groups in total. The first-order valence-electron chi connectivity index (χ1n) is 9.28. The Hall–Kier alpha value is -1.92. The second-order valence-electron chi connectivity index (χ2n) is 8.61. The van der Waals surface area contributed by atoms with Crippen LogP contribution in [0.25, 0.3) is 0 Å². The van der Waals surface area contributed by atoms with E-state index in [0.29, 0.717) is 12.5 Å². The average molecular weight is 345 g/mol. The lowest BCUT2D eigenvalue weighted by Gasteiger charge is -2.47. The summed E-state index contributed by atoms with van der Waals surface area (Å²) >= 11 is 0. The van der Waals surface area contributed by atoms with Crippen LogP contribution in [0, 0.1) is 23.7 Å². The molecule has 5 fully saturated rings. The number of imide groups is 1. The predicted octanol–water partition coefficient (Wildman–Crippen LogP) is -0.151. The molecular weight excluding hydrogens is 322 g/mol. The van der Waals surface area contributed by atoms with Gasteiger partial charge in [-0.05, 0) is 44.4 Å². The van der Waals surface area contributed by atoms with Crippen molar-refractivity contribution < 1.29 is 19.2 Å². The zero-order valence-corrected chi connectivity index (χ0v) is 14.6. The quantitative estimate of drug-likeness (QED) is 0.667. The molecule has 4 amide bonds. The maximum atomic E-state index is 13.4. The molecule has 0 aromatic carbocycles. The molecule has 134 valence electrons. The number of rotatable bonds is 3. The van der Waals surface area contributed by atoms with Crippen LogP contribution >= 0.6 is 0 Å². The molecule has 0 unspecified atom stereocenters. The Labute approximate surface area is 146 Å². The highest BCUT2D eigenvalue weighted by Crippen LogP contribution is 2.56. The number of piperazine rings is 1. The Morgan fingerprint density at radius 3 is 2.32 bits per heavy atom. The molecule has 4 atom stereocenters. The second-order valence-corrected chi connectivity index (χ2v) is 8.61. The first-order chi connectivity index (χ1) is 11.9. The fourth-order valence-electron chi connectivity index (χ4n) is 5.38. The SMILES string of the molecule is CN1C(=O)[C@H]2[C@@H](C3CC3)N3C(=O)CN(CC4CC4)C(=O)[C@@]3(C)[C@H]2C1=O. The highest BCUT2D eigenvalue weighted by molar-refractivity contribution is 6.12. The number of carbonyl (C=O) groups is 4. The fraction of sp³-hybridized carbons (Fsp3) is 0.778. The summed E-state index contributed by atoms with van der Waals surface area (Å²) in [4.78, 5) is 56.4. The molecule has 7 heteroatoms. The van der Waals surface area contributed by atoms with Gasteiger partial charge in [-0.15, -0.1) is 0 Å². The summed E-state index contributed by atoms with van der Waals surface area (Å²) < 4.78 is 0. The molecule has 7 nitrogen and oxygen atoms in total. The van der Waals surface area contributed by atoms with Crippen molar-refractivity contribution in [2.24, 2.45) is 23.7 Å². The monoisotopic (exact) mass is 345 g/mol. The standard InChI is InChI=1S/C18H23N3O4/c1-18-13-12(15(23)19(2)16(13)24)14(10-5-6-10)21(18)11(22)8-20(17(18)25)7-9-3-4-9/h9-10,12-14H,3-8H2,1-2H3/t12-,13-,14-,18-/m1/s1. The van der Waals surface area contributed by atoms with Gasteiger partial charge in [-0.2, -0.15) is 0 Å². The summed E-state index contributed by atoms with van der Waals surface area (Å²) in [7, 11) is 1.50. The van der Waals surface area contributed by atoms with Gasteiger partial charge < -0.3 is 9.80 Å². The second kappa shape index (κ2) is 4.62. The molecule has 0 radical (unpaired) electrons. The van der Waals surface area contributed by atoms with Crippen molar-refractivity contribution in [2.75, 3.05) is 20.1 Å². The van der Waals surface area contributed by atoms with Gasteiger partial charge in [-0.25, -0.2) is 0 Å². The maximum Gasteiger partial charge on any atom is 0.249 e. The van der Waals surface area contributed by atoms with Crippen molar-refractivity contribution in [2.45, 2.75) is 44.2 Å². The first-order valence-corrected chi connectivity index (χ1v) is 9.28. The lowest BCUT2D eigenvalue weighted by atomic mass is 9.79. The van der Waals surface area contributed by atoms with Crippen LogP contribution in [0.5, 0.6) is 0 Å². The Balaban J connectivity index is 1.60. The molecule has 0 spiro atoms. The zero-order valence-electron chi connectivity index (χ0n) is 14.6. The third-order valence-electron chi connectivity index (χ3n) is 6.94. The Morgan fingerprint density at radius 1 is 1.04 bits per heavy atom. The van der Waals surface area contributed by atoms with Gasteiger partial charge >= 0.3 is 0 Å². The van der Waals surface area contributed by atoms with Gasteiger partial charge in [-0.1, -0.05) is 0 Å². The number of nitrogens with zero attached hydrogens (tertiary/aromatic N) is 3. The van der Waals surface area contributed by atoms with E-state index in [1.54, 1.807) is 16.7 Å². The number of likely N-dealkylation sites (tertiary alicyclic amines) is 1. The maximum absolute atomic E-state index is 13.4. The molecule has 3 saturated heterocycles. The lowest BCUT2D eigenvalue weighted by Crippen LogP contribution is -2.69. The average Bonchev–Trinajstić information content (AvgIpc) is 3.47. The summed E-state index contributed by atoms with van der Waals surface area (Å²) in [5.41, 5.74) is -1.21. The highest BCUT2D eigenvalue weighted by Gasteiger charge is 2.73. The molecule has 3 heterocycles. The molecule has 2 saturated carbocycles. The summed E-state index contributed by atoms with van der Waals surface area (Å²) in [6, 6.07) is -0.295. The minimum Gasteiger partial charge on any atom is -0.331 e. The Kier molecular flexibility index (Phi) is 2.84. The van der Waals surface area contributed by atoms with E-state index in [9.17, 15) is 19.2 Å². The van der Waals surface area contributed by atoms with E-state index in [4.69, 9.17) is 0 Å². The molecule has 3 aliphatic heterocycles. The smallest absolute Gasteiger partial charge is 0.249 e. The number of amides is 4. The van der Waals surface area contributed by atoms with Crippen molar-refractivity contribution >= 4 is 23.6 Å². The third kappa shape index (κ3) is 1.81. The Morgan fingerprint density at radius 2 is 1.72 bits per heavy atom. The summed E-state index contributed by atoms with van der Waals surface area (Å²) in [6.45, 7) is 2.40. The Bertz CT molecular complexity index is 713. The number of hydrogen-bond acceptors (Lipinski definition) is 4. The van der Waals surface area contributed by atoms with Gasteiger partial charge in [0.25, 0.3) is 0 Å². The largest absolute Gasteiger partial charge is 0.331 e. The fourth-order valence-corrected chi connectivity index (χ4v) is 5.38. The molecule has 0 bridgehead atoms. The first kappa shape index (κ1) is 15.3. The van der Waals surface area contributed by atoms with E-state index in [1.165, 1.54) is 11.9 Å². The van der Waals surface area contributed by atoms with Crippen LogP contribution in [0.2, 0.25) is 0 Å². The molecular formula is C18H23N3O4. The van der Waals surface area contributed by atoms with Crippen LogP contribution in [0.1, 0.15) is 32.6 Å². The molecule has 0 aromatic rings. The molecule has 25 heavy (non-hydrogen) atoms. The van der Waals surface area contributed by atoms with Crippen LogP contribution in [0.4, 0.5) is 0 Å². The molecule has 0 aromatic heterocycles. The van der Waals surface area contributed by atoms with Crippen LogP contribution in [0.3, 0.4) is 0 Å². The zero-order chi connectivity index (χ0) is 17.7. The summed E-state index contributed by atoms with van der Waals surface area (Å²) in [6.07, 6.45) is 4.10. The molecule has 5 rings (SSSR count). The van der Waals surface area contributed by atoms with Crippen LogP contribution < -0.4 is 0 Å². The van der Waals surface area contributed by atoms with E-state index in [2.05, 4.69) is 0 Å². The van der Waals surface area contributed by atoms with Crippen molar-refractivity contribution in [3.05, 3.63) is 0 Å². The van der Waals surface area contributed by atoms with Crippen LogP contribution in [-0.4, -0.2) is 70.0 Å². The summed E-state index contributed by atoms with van der Waals surface area (Å²) in [5, 5.41) is 0. The van der Waals surface area contributed by atoms with E-state index in [1.807, 2.05) is 0 Å². The number of carbonyl (C=O) groups excluding carboxylic acids is 4. The van der Waals surface area contributed by atoms with E-state index in [0.717, 1.165) is 25.7 Å². The van der Waals surface area contributed by atoms with E-state index in [-0.39, 0.29) is 42.1 Å². The lowest BCUT2D eigenvalue weighted by molar-refractivity contribution is -0.167. The van der Waals surface area contributed by atoms with Crippen molar-refractivity contribution in [3.63, 3.8) is 0 Å². The third-order valence-corrected chi connectivity index (χ3v) is 6.94. The minimum atomic E-state index is -1.21. The van der Waals surface area contributed by atoms with Gasteiger partial charge in [0.15, 0.2) is 0 Å². The van der Waals surface area contributed by atoms with Gasteiger partial charge in [0.2, 0.25) is 23.6 Å². The van der Waals surface area contributed by atoms with Gasteiger partial charge in [0.1, 0.15) is 5.54 Å². The minimum absolute atomic E-state index is 0.0891. The van der Waals surface area contributed by atoms with Crippen molar-refractivity contribution in [3.8, 4) is 0 Å². The predicted molar refractivity (Wildman–Crippen MR) is 85.8 cm³/mol. The van der Waals surface area contributed by atoms with Gasteiger partial charge in [0.05, 0.1) is 18.4 Å². The summed E-state index contributed by atoms with van der Waals surface area (Å²) in [5.74, 6) is -1.34. The topological polar surface area (TPSA) is 78.0 Å². The van der Waals surface area contributed by atoms with Crippen molar-refractivity contribution in [1.29, 1.82) is 0 Å². The van der Waals surface area contributed by atoms with E-state index >= 15 is 0 Å². The highest BCUT2D eigenvalue weighted by atomic mass is 16.2. The van der Waals surface area contributed by atoms with Crippen LogP contribution in [0.15, 0.2) is 0 Å². The van der Waals surface area contributed by atoms with E-state index < -0.39 is 17.4 Å². The van der Waals surface area contributed by atoms with Gasteiger partial charge in [-0.3, -0.25) is 24.1 Å². The normalized spacial score (nSPS) is 40.9. The number of fused-ring (bicyclic) bond motifs is 3.